The van der Waals surface area contributed by atoms with Crippen LogP contribution >= 0.6 is 0 Å². The van der Waals surface area contributed by atoms with E-state index in [2.05, 4.69) is 22.4 Å². The Kier molecular flexibility index (Phi) is 3.98. The fourth-order valence-electron chi connectivity index (χ4n) is 3.61. The molecule has 126 valence electrons. The summed E-state index contributed by atoms with van der Waals surface area (Å²) in [5.41, 5.74) is 4.41. The quantitative estimate of drug-likeness (QED) is 0.889. The van der Waals surface area contributed by atoms with Crippen molar-refractivity contribution in [2.75, 3.05) is 25.1 Å². The van der Waals surface area contributed by atoms with Gasteiger partial charge in [-0.25, -0.2) is 4.98 Å². The molecule has 0 aliphatic carbocycles. The third-order valence-corrected chi connectivity index (χ3v) is 5.11. The first-order chi connectivity index (χ1) is 11.7. The van der Waals surface area contributed by atoms with Gasteiger partial charge in [-0.1, -0.05) is 0 Å². The van der Waals surface area contributed by atoms with Crippen LogP contribution in [0.3, 0.4) is 0 Å². The molecule has 5 heteroatoms. The lowest BCUT2D eigenvalue weighted by Gasteiger charge is -2.32. The number of pyridine rings is 2. The van der Waals surface area contributed by atoms with Gasteiger partial charge in [0.25, 0.3) is 0 Å². The van der Waals surface area contributed by atoms with Crippen LogP contribution in [0.5, 0.6) is 0 Å². The van der Waals surface area contributed by atoms with Crippen molar-refractivity contribution in [2.45, 2.75) is 38.2 Å². The second kappa shape index (κ2) is 6.15. The van der Waals surface area contributed by atoms with E-state index in [1.165, 1.54) is 5.56 Å². The monoisotopic (exact) mass is 325 g/mol. The maximum Gasteiger partial charge on any atom is 0.129 e. The fraction of sp³-hybridized carbons (Fsp3) is 0.474. The minimum Gasteiger partial charge on any atom is -0.385 e. The van der Waals surface area contributed by atoms with Crippen LogP contribution in [-0.4, -0.2) is 34.8 Å². The number of anilines is 1. The second-order valence-electron chi connectivity index (χ2n) is 6.77. The van der Waals surface area contributed by atoms with Crippen LogP contribution < -0.4 is 5.32 Å². The largest absolute Gasteiger partial charge is 0.385 e. The number of aryl methyl sites for hydroxylation is 2. The molecular weight excluding hydrogens is 302 g/mol. The molecule has 1 saturated heterocycles. The number of hydrogen-bond donors (Lipinski definition) is 2. The maximum absolute atomic E-state index is 10.9. The lowest BCUT2D eigenvalue weighted by atomic mass is 9.86. The summed E-state index contributed by atoms with van der Waals surface area (Å²) in [5.74, 6) is 1.01. The molecule has 5 nitrogen and oxygen atoms in total. The van der Waals surface area contributed by atoms with Crippen molar-refractivity contribution in [3.05, 3.63) is 41.3 Å². The summed E-state index contributed by atoms with van der Waals surface area (Å²) in [6.07, 6.45) is 7.05. The SMILES string of the molecule is Cc1nc2c(cc1-c1cncc(C3(O)CCOCC3)c1)CCCN2. The number of aliphatic hydroxyl groups is 1. The van der Waals surface area contributed by atoms with Gasteiger partial charge >= 0.3 is 0 Å². The Hall–Kier alpha value is -1.98. The Balaban J connectivity index is 1.73. The van der Waals surface area contributed by atoms with E-state index in [1.54, 1.807) is 6.20 Å². The van der Waals surface area contributed by atoms with Gasteiger partial charge in [0.15, 0.2) is 0 Å². The Morgan fingerprint density at radius 1 is 1.21 bits per heavy atom. The van der Waals surface area contributed by atoms with Crippen molar-refractivity contribution < 1.29 is 9.84 Å². The van der Waals surface area contributed by atoms with Crippen molar-refractivity contribution in [2.24, 2.45) is 0 Å². The van der Waals surface area contributed by atoms with Gasteiger partial charge in [0, 0.05) is 67.4 Å². The minimum absolute atomic E-state index is 0.589. The Labute approximate surface area is 142 Å². The molecular formula is C19H23N3O2. The molecule has 24 heavy (non-hydrogen) atoms. The van der Waals surface area contributed by atoms with Crippen LogP contribution in [0.15, 0.2) is 24.5 Å². The van der Waals surface area contributed by atoms with Crippen LogP contribution in [0.1, 0.15) is 36.1 Å². The lowest BCUT2D eigenvalue weighted by molar-refractivity contribution is -0.0680. The summed E-state index contributed by atoms with van der Waals surface area (Å²) < 4.78 is 5.39. The zero-order chi connectivity index (χ0) is 16.6. The summed E-state index contributed by atoms with van der Waals surface area (Å²) in [6.45, 7) is 4.20. The molecule has 0 amide bonds. The third-order valence-electron chi connectivity index (χ3n) is 5.11. The van der Waals surface area contributed by atoms with E-state index in [9.17, 15) is 5.11 Å². The van der Waals surface area contributed by atoms with Gasteiger partial charge in [-0.3, -0.25) is 4.98 Å². The molecule has 0 radical (unpaired) electrons. The second-order valence-corrected chi connectivity index (χ2v) is 6.77. The van der Waals surface area contributed by atoms with Gasteiger partial charge in [0.1, 0.15) is 5.82 Å². The number of ether oxygens (including phenoxy) is 1. The predicted molar refractivity (Wildman–Crippen MR) is 93.0 cm³/mol. The van der Waals surface area contributed by atoms with E-state index in [0.29, 0.717) is 26.1 Å². The first kappa shape index (κ1) is 15.5. The molecule has 2 aliphatic heterocycles. The van der Waals surface area contributed by atoms with Crippen LogP contribution in [-0.2, 0) is 16.8 Å². The van der Waals surface area contributed by atoms with Crippen LogP contribution in [0.25, 0.3) is 11.1 Å². The topological polar surface area (TPSA) is 67.3 Å². The highest BCUT2D eigenvalue weighted by molar-refractivity contribution is 5.69. The Bertz CT molecular complexity index is 754. The van der Waals surface area contributed by atoms with Crippen LogP contribution in [0.4, 0.5) is 5.82 Å². The molecule has 1 fully saturated rings. The van der Waals surface area contributed by atoms with Gasteiger partial charge in [0.05, 0.1) is 5.60 Å². The third kappa shape index (κ3) is 2.78. The molecule has 2 aromatic heterocycles. The van der Waals surface area contributed by atoms with E-state index in [4.69, 9.17) is 9.72 Å². The van der Waals surface area contributed by atoms with Crippen molar-refractivity contribution >= 4 is 5.82 Å². The summed E-state index contributed by atoms with van der Waals surface area (Å²) in [4.78, 5) is 9.12. The first-order valence-electron chi connectivity index (χ1n) is 8.66. The van der Waals surface area contributed by atoms with Crippen molar-refractivity contribution in [1.29, 1.82) is 0 Å². The molecule has 0 unspecified atom stereocenters. The summed E-state index contributed by atoms with van der Waals surface area (Å²) in [7, 11) is 0. The van der Waals surface area contributed by atoms with Gasteiger partial charge in [-0.05, 0) is 37.5 Å². The van der Waals surface area contributed by atoms with Crippen LogP contribution in [0.2, 0.25) is 0 Å². The van der Waals surface area contributed by atoms with E-state index >= 15 is 0 Å². The highest BCUT2D eigenvalue weighted by atomic mass is 16.5. The Morgan fingerprint density at radius 3 is 2.88 bits per heavy atom. The number of aromatic nitrogens is 2. The normalized spacial score (nSPS) is 19.4. The Morgan fingerprint density at radius 2 is 2.04 bits per heavy atom. The molecule has 0 spiro atoms. The predicted octanol–water partition coefficient (Wildman–Crippen LogP) is 2.81. The zero-order valence-corrected chi connectivity index (χ0v) is 14.0. The zero-order valence-electron chi connectivity index (χ0n) is 14.0. The van der Waals surface area contributed by atoms with Gasteiger partial charge in [-0.15, -0.1) is 0 Å². The number of rotatable bonds is 2. The molecule has 0 atom stereocenters. The molecule has 0 saturated carbocycles. The fourth-order valence-corrected chi connectivity index (χ4v) is 3.61. The van der Waals surface area contributed by atoms with Gasteiger partial charge in [0.2, 0.25) is 0 Å². The van der Waals surface area contributed by atoms with Crippen LogP contribution in [0, 0.1) is 6.92 Å². The van der Waals surface area contributed by atoms with E-state index < -0.39 is 5.60 Å². The van der Waals surface area contributed by atoms with Crippen molar-refractivity contribution in [3.63, 3.8) is 0 Å². The van der Waals surface area contributed by atoms with Gasteiger partial charge < -0.3 is 15.2 Å². The lowest BCUT2D eigenvalue weighted by Crippen LogP contribution is -2.33. The highest BCUT2D eigenvalue weighted by Gasteiger charge is 2.32. The standard InChI is InChI=1S/C19H23N3O2/c1-13-17(10-14-3-2-6-21-18(14)22-13)15-9-16(12-20-11-15)19(23)4-7-24-8-5-19/h9-12,23H,2-8H2,1H3,(H,21,22). The van der Waals surface area contributed by atoms with E-state index in [-0.39, 0.29) is 0 Å². The number of nitrogens with zero attached hydrogens (tertiary/aromatic N) is 2. The molecule has 4 heterocycles. The smallest absolute Gasteiger partial charge is 0.129 e. The molecule has 2 N–H and O–H groups in total. The maximum atomic E-state index is 10.9. The van der Waals surface area contributed by atoms with Crippen molar-refractivity contribution in [1.82, 2.24) is 9.97 Å². The van der Waals surface area contributed by atoms with E-state index in [0.717, 1.165) is 47.6 Å². The molecule has 2 aromatic rings. The summed E-state index contributed by atoms with van der Waals surface area (Å²) >= 11 is 0. The summed E-state index contributed by atoms with van der Waals surface area (Å²) in [6, 6.07) is 4.28. The molecule has 4 rings (SSSR count). The average molecular weight is 325 g/mol. The van der Waals surface area contributed by atoms with Gasteiger partial charge in [-0.2, -0.15) is 0 Å². The summed E-state index contributed by atoms with van der Waals surface area (Å²) in [5, 5.41) is 14.3. The van der Waals surface area contributed by atoms with E-state index in [1.807, 2.05) is 13.1 Å². The minimum atomic E-state index is -0.835. The van der Waals surface area contributed by atoms with Crippen molar-refractivity contribution in [3.8, 4) is 11.1 Å². The molecule has 0 aromatic carbocycles. The molecule has 2 aliphatic rings. The number of fused-ring (bicyclic) bond motifs is 1. The average Bonchev–Trinajstić information content (AvgIpc) is 2.62. The highest BCUT2D eigenvalue weighted by Crippen LogP contribution is 2.35. The number of nitrogens with one attached hydrogen (secondary N) is 1. The number of hydrogen-bond acceptors (Lipinski definition) is 5. The molecule has 0 bridgehead atoms. The first-order valence-corrected chi connectivity index (χ1v) is 8.66.